The molecule has 0 saturated carbocycles. The number of carbonyl (C=O) groups is 2. The summed E-state index contributed by atoms with van der Waals surface area (Å²) in [5.41, 5.74) is 6.49. The van der Waals surface area contributed by atoms with Crippen molar-refractivity contribution in [3.63, 3.8) is 0 Å². The SMILES string of the molecule is COC(=O)c1ccc(-c2c(-c3c(OC)cccc3OC)sc3c2sc2c(-c4ccc(C(=O)OC)cc4)c(-c4c(OC)cccc4OC)sc23)cc1. The molecule has 4 aromatic carbocycles. The Balaban J connectivity index is 1.58. The van der Waals surface area contributed by atoms with Crippen LogP contribution in [0.3, 0.4) is 0 Å². The van der Waals surface area contributed by atoms with Gasteiger partial charge in [-0.3, -0.25) is 0 Å². The van der Waals surface area contributed by atoms with Crippen molar-refractivity contribution in [2.45, 2.75) is 0 Å². The average Bonchev–Trinajstić information content (AvgIpc) is 3.84. The molecule has 0 aliphatic rings. The highest BCUT2D eigenvalue weighted by molar-refractivity contribution is 7.41. The average molecular weight is 737 g/mol. The van der Waals surface area contributed by atoms with E-state index < -0.39 is 11.9 Å². The number of benzene rings is 4. The maximum absolute atomic E-state index is 12.4. The number of thiophene rings is 3. The quantitative estimate of drug-likeness (QED) is 0.128. The molecule has 0 atom stereocenters. The highest BCUT2D eigenvalue weighted by Crippen LogP contribution is 2.60. The molecule has 51 heavy (non-hydrogen) atoms. The molecule has 7 aromatic rings. The van der Waals surface area contributed by atoms with Crippen molar-refractivity contribution in [3.8, 4) is 66.1 Å². The van der Waals surface area contributed by atoms with Gasteiger partial charge >= 0.3 is 11.9 Å². The minimum Gasteiger partial charge on any atom is -0.496 e. The highest BCUT2D eigenvalue weighted by Gasteiger charge is 2.30. The van der Waals surface area contributed by atoms with Crippen LogP contribution < -0.4 is 18.9 Å². The number of methoxy groups -OCH3 is 6. The van der Waals surface area contributed by atoms with E-state index >= 15 is 0 Å². The summed E-state index contributed by atoms with van der Waals surface area (Å²) in [7, 11) is 9.36. The Labute approximate surface area is 306 Å². The van der Waals surface area contributed by atoms with Crippen LogP contribution in [0.15, 0.2) is 84.9 Å². The van der Waals surface area contributed by atoms with Crippen molar-refractivity contribution in [1.82, 2.24) is 0 Å². The number of carbonyl (C=O) groups excluding carboxylic acids is 2. The van der Waals surface area contributed by atoms with Gasteiger partial charge < -0.3 is 28.4 Å². The molecule has 0 amide bonds. The highest BCUT2D eigenvalue weighted by atomic mass is 32.1. The van der Waals surface area contributed by atoms with Gasteiger partial charge in [0.05, 0.1) is 93.5 Å². The van der Waals surface area contributed by atoms with Gasteiger partial charge in [-0.1, -0.05) is 36.4 Å². The largest absolute Gasteiger partial charge is 0.496 e. The molecule has 0 fully saturated rings. The molecule has 3 heterocycles. The Hall–Kier alpha value is -5.36. The van der Waals surface area contributed by atoms with Crippen molar-refractivity contribution in [3.05, 3.63) is 96.1 Å². The fraction of sp³-hybridized carbons (Fsp3) is 0.150. The Morgan fingerprint density at radius 3 is 1.04 bits per heavy atom. The molecule has 7 rings (SSSR count). The molecule has 258 valence electrons. The molecule has 3 aromatic heterocycles. The summed E-state index contributed by atoms with van der Waals surface area (Å²) >= 11 is 5.03. The summed E-state index contributed by atoms with van der Waals surface area (Å²) in [6.45, 7) is 0. The Morgan fingerprint density at radius 2 is 0.745 bits per heavy atom. The summed E-state index contributed by atoms with van der Waals surface area (Å²) in [5.74, 6) is 1.94. The third kappa shape index (κ3) is 5.77. The van der Waals surface area contributed by atoms with Crippen LogP contribution >= 0.6 is 34.0 Å². The summed E-state index contributed by atoms with van der Waals surface area (Å²) in [5, 5.41) is 0. The van der Waals surface area contributed by atoms with Crippen LogP contribution in [0.5, 0.6) is 23.0 Å². The van der Waals surface area contributed by atoms with Crippen molar-refractivity contribution < 1.29 is 38.0 Å². The summed E-state index contributed by atoms with van der Waals surface area (Å²) in [4.78, 5) is 26.7. The number of esters is 2. The standard InChI is InChI=1S/C40H32O8S3/c1-43-25-9-7-10-26(44-2)31(25)33-29(21-13-17-23(18-14-21)39(41)47-5)35-37(49-33)38-36(51-35)30(22-15-19-24(20-16-22)40(42)48-6)34(50-38)32-27(45-3)11-8-12-28(32)46-4/h7-20H,1-6H3. The third-order valence-electron chi connectivity index (χ3n) is 8.64. The molecule has 0 bridgehead atoms. The van der Waals surface area contributed by atoms with E-state index in [4.69, 9.17) is 28.4 Å². The van der Waals surface area contributed by atoms with Gasteiger partial charge in [-0.05, 0) is 59.7 Å². The number of hydrogen-bond acceptors (Lipinski definition) is 11. The number of fused-ring (bicyclic) bond motifs is 3. The van der Waals surface area contributed by atoms with E-state index in [1.165, 1.54) is 14.2 Å². The van der Waals surface area contributed by atoms with Crippen molar-refractivity contribution in [2.24, 2.45) is 0 Å². The lowest BCUT2D eigenvalue weighted by molar-refractivity contribution is 0.0592. The van der Waals surface area contributed by atoms with Gasteiger partial charge in [0.25, 0.3) is 0 Å². The van der Waals surface area contributed by atoms with E-state index in [9.17, 15) is 9.59 Å². The molecular formula is C40H32O8S3. The molecular weight excluding hydrogens is 705 g/mol. The van der Waals surface area contributed by atoms with Gasteiger partial charge in [0.1, 0.15) is 23.0 Å². The van der Waals surface area contributed by atoms with Crippen LogP contribution in [-0.2, 0) is 9.47 Å². The first-order valence-electron chi connectivity index (χ1n) is 15.7. The fourth-order valence-electron chi connectivity index (χ4n) is 6.24. The van der Waals surface area contributed by atoms with E-state index in [0.717, 1.165) is 61.9 Å². The normalized spacial score (nSPS) is 11.1. The molecule has 0 unspecified atom stereocenters. The van der Waals surface area contributed by atoms with Crippen LogP contribution in [0.25, 0.3) is 61.9 Å². The second-order valence-electron chi connectivity index (χ2n) is 11.2. The number of rotatable bonds is 10. The molecule has 0 N–H and O–H groups in total. The maximum atomic E-state index is 12.4. The van der Waals surface area contributed by atoms with Gasteiger partial charge in [0.15, 0.2) is 0 Å². The van der Waals surface area contributed by atoms with Gasteiger partial charge in [0, 0.05) is 11.1 Å². The Morgan fingerprint density at radius 1 is 0.412 bits per heavy atom. The second kappa shape index (κ2) is 14.1. The predicted molar refractivity (Wildman–Crippen MR) is 206 cm³/mol. The molecule has 0 aliphatic heterocycles. The molecule has 0 aliphatic carbocycles. The minimum absolute atomic E-state index is 0.401. The molecule has 0 radical (unpaired) electrons. The van der Waals surface area contributed by atoms with Crippen LogP contribution in [0.1, 0.15) is 20.7 Å². The van der Waals surface area contributed by atoms with Gasteiger partial charge in [-0.15, -0.1) is 34.0 Å². The lowest BCUT2D eigenvalue weighted by Crippen LogP contribution is -2.00. The summed E-state index contributed by atoms with van der Waals surface area (Å²) < 4.78 is 37.9. The van der Waals surface area contributed by atoms with Gasteiger partial charge in [-0.25, -0.2) is 9.59 Å². The lowest BCUT2D eigenvalue weighted by atomic mass is 9.99. The third-order valence-corrected chi connectivity index (χ3v) is 12.7. The zero-order valence-corrected chi connectivity index (χ0v) is 31.0. The zero-order valence-electron chi connectivity index (χ0n) is 28.6. The Bertz CT molecular complexity index is 2200. The smallest absolute Gasteiger partial charge is 0.337 e. The second-order valence-corrected chi connectivity index (χ2v) is 14.3. The first-order chi connectivity index (χ1) is 24.9. The van der Waals surface area contributed by atoms with Crippen molar-refractivity contribution >= 4 is 64.7 Å². The van der Waals surface area contributed by atoms with Crippen LogP contribution in [-0.4, -0.2) is 54.6 Å². The van der Waals surface area contributed by atoms with E-state index in [0.29, 0.717) is 34.1 Å². The van der Waals surface area contributed by atoms with Crippen molar-refractivity contribution in [1.29, 1.82) is 0 Å². The lowest BCUT2D eigenvalue weighted by Gasteiger charge is -2.14. The van der Waals surface area contributed by atoms with E-state index in [2.05, 4.69) is 0 Å². The monoisotopic (exact) mass is 736 g/mol. The molecule has 8 nitrogen and oxygen atoms in total. The molecule has 0 spiro atoms. The van der Waals surface area contributed by atoms with E-state index in [1.807, 2.05) is 60.7 Å². The maximum Gasteiger partial charge on any atom is 0.337 e. The number of ether oxygens (including phenoxy) is 6. The van der Waals surface area contributed by atoms with Crippen LogP contribution in [0, 0.1) is 0 Å². The first-order valence-corrected chi connectivity index (χ1v) is 18.1. The summed E-state index contributed by atoms with van der Waals surface area (Å²) in [6.07, 6.45) is 0. The fourth-order valence-corrected chi connectivity index (χ4v) is 10.9. The van der Waals surface area contributed by atoms with Gasteiger partial charge in [0.2, 0.25) is 0 Å². The van der Waals surface area contributed by atoms with Crippen LogP contribution in [0.2, 0.25) is 0 Å². The van der Waals surface area contributed by atoms with E-state index in [1.54, 1.807) is 86.7 Å². The number of hydrogen-bond donors (Lipinski definition) is 0. The van der Waals surface area contributed by atoms with E-state index in [-0.39, 0.29) is 0 Å². The summed E-state index contributed by atoms with van der Waals surface area (Å²) in [6, 6.07) is 26.5. The minimum atomic E-state index is -0.401. The molecule has 0 saturated heterocycles. The first kappa shape index (κ1) is 34.1. The topological polar surface area (TPSA) is 89.5 Å². The Kier molecular flexibility index (Phi) is 9.43. The van der Waals surface area contributed by atoms with Gasteiger partial charge in [-0.2, -0.15) is 0 Å². The van der Waals surface area contributed by atoms with Crippen LogP contribution in [0.4, 0.5) is 0 Å². The molecule has 11 heteroatoms. The zero-order chi connectivity index (χ0) is 35.8. The van der Waals surface area contributed by atoms with Crippen molar-refractivity contribution in [2.75, 3.05) is 42.7 Å². The predicted octanol–water partition coefficient (Wildman–Crippen LogP) is 10.5.